The molecule has 0 saturated heterocycles. The number of carbonyl (C=O) groups excluding carboxylic acids is 1. The van der Waals surface area contributed by atoms with Crippen LogP contribution in [-0.4, -0.2) is 29.8 Å². The first-order valence-corrected chi connectivity index (χ1v) is 8.37. The molecule has 2 N–H and O–H groups in total. The predicted molar refractivity (Wildman–Crippen MR) is 90.6 cm³/mol. The highest BCUT2D eigenvalue weighted by Gasteiger charge is 2.21. The molecule has 128 valence electrons. The summed E-state index contributed by atoms with van der Waals surface area (Å²) in [5, 5.41) is 10.1. The number of H-pyrrole nitrogens is 1. The first-order chi connectivity index (χ1) is 11.7. The van der Waals surface area contributed by atoms with Gasteiger partial charge >= 0.3 is 0 Å². The number of methoxy groups -OCH3 is 1. The summed E-state index contributed by atoms with van der Waals surface area (Å²) >= 11 is 0. The SMILES string of the molecule is CCOc1cc(CNC(=O)c2n[nH]c3c2CCCC3)ccc1OC. The van der Waals surface area contributed by atoms with E-state index in [-0.39, 0.29) is 5.91 Å². The van der Waals surface area contributed by atoms with Crippen molar-refractivity contribution < 1.29 is 14.3 Å². The molecule has 0 bridgehead atoms. The van der Waals surface area contributed by atoms with Gasteiger partial charge in [0.15, 0.2) is 17.2 Å². The molecule has 1 amide bonds. The number of hydrogen-bond acceptors (Lipinski definition) is 4. The number of aryl methyl sites for hydroxylation is 1. The maximum absolute atomic E-state index is 12.4. The Kier molecular flexibility index (Phi) is 5.03. The minimum Gasteiger partial charge on any atom is -0.493 e. The number of amides is 1. The number of carbonyl (C=O) groups is 1. The van der Waals surface area contributed by atoms with Crippen LogP contribution in [0.1, 0.15) is 47.1 Å². The summed E-state index contributed by atoms with van der Waals surface area (Å²) in [5.41, 5.74) is 3.67. The van der Waals surface area contributed by atoms with Gasteiger partial charge in [0.05, 0.1) is 13.7 Å². The normalized spacial score (nSPS) is 13.2. The third-order valence-corrected chi connectivity index (χ3v) is 4.25. The van der Waals surface area contributed by atoms with Crippen LogP contribution in [0.3, 0.4) is 0 Å². The summed E-state index contributed by atoms with van der Waals surface area (Å²) in [4.78, 5) is 12.4. The van der Waals surface area contributed by atoms with Gasteiger partial charge in [0.1, 0.15) is 0 Å². The third kappa shape index (κ3) is 3.37. The number of aromatic nitrogens is 2. The first kappa shape index (κ1) is 16.4. The highest BCUT2D eigenvalue weighted by molar-refractivity contribution is 5.94. The van der Waals surface area contributed by atoms with Crippen LogP contribution in [-0.2, 0) is 19.4 Å². The molecule has 1 aliphatic carbocycles. The van der Waals surface area contributed by atoms with Crippen molar-refractivity contribution >= 4 is 5.91 Å². The van der Waals surface area contributed by atoms with Gasteiger partial charge in [-0.25, -0.2) is 0 Å². The van der Waals surface area contributed by atoms with E-state index in [9.17, 15) is 4.79 Å². The van der Waals surface area contributed by atoms with E-state index in [0.717, 1.165) is 42.5 Å². The van der Waals surface area contributed by atoms with Crippen LogP contribution < -0.4 is 14.8 Å². The van der Waals surface area contributed by atoms with Gasteiger partial charge in [-0.15, -0.1) is 0 Å². The minimum absolute atomic E-state index is 0.136. The standard InChI is InChI=1S/C18H23N3O3/c1-3-24-16-10-12(8-9-15(16)23-2)11-19-18(22)17-13-6-4-5-7-14(13)20-21-17/h8-10H,3-7,11H2,1-2H3,(H,19,22)(H,20,21). The van der Waals surface area contributed by atoms with Crippen LogP contribution in [0.5, 0.6) is 11.5 Å². The van der Waals surface area contributed by atoms with Gasteiger partial charge in [-0.1, -0.05) is 6.07 Å². The number of aromatic amines is 1. The van der Waals surface area contributed by atoms with Crippen molar-refractivity contribution in [3.8, 4) is 11.5 Å². The summed E-state index contributed by atoms with van der Waals surface area (Å²) in [6.07, 6.45) is 4.17. The lowest BCUT2D eigenvalue weighted by Gasteiger charge is -2.12. The maximum atomic E-state index is 12.4. The fraction of sp³-hybridized carbons (Fsp3) is 0.444. The number of ether oxygens (including phenoxy) is 2. The van der Waals surface area contributed by atoms with Gasteiger partial charge in [-0.2, -0.15) is 5.10 Å². The zero-order valence-electron chi connectivity index (χ0n) is 14.1. The van der Waals surface area contributed by atoms with Crippen LogP contribution in [0.4, 0.5) is 0 Å². The van der Waals surface area contributed by atoms with E-state index in [2.05, 4.69) is 15.5 Å². The van der Waals surface area contributed by atoms with E-state index in [1.165, 1.54) is 0 Å². The molecular weight excluding hydrogens is 306 g/mol. The molecule has 1 aromatic heterocycles. The average molecular weight is 329 g/mol. The molecule has 6 nitrogen and oxygen atoms in total. The Morgan fingerprint density at radius 1 is 1.29 bits per heavy atom. The number of benzene rings is 1. The van der Waals surface area contributed by atoms with Crippen molar-refractivity contribution in [2.45, 2.75) is 39.2 Å². The molecule has 6 heteroatoms. The van der Waals surface area contributed by atoms with E-state index in [1.807, 2.05) is 25.1 Å². The molecule has 0 unspecified atom stereocenters. The van der Waals surface area contributed by atoms with Crippen LogP contribution in [0.25, 0.3) is 0 Å². The first-order valence-electron chi connectivity index (χ1n) is 8.37. The van der Waals surface area contributed by atoms with E-state index in [1.54, 1.807) is 7.11 Å². The van der Waals surface area contributed by atoms with Crippen molar-refractivity contribution in [3.05, 3.63) is 40.7 Å². The quantitative estimate of drug-likeness (QED) is 0.854. The second kappa shape index (κ2) is 7.38. The lowest BCUT2D eigenvalue weighted by Crippen LogP contribution is -2.24. The second-order valence-corrected chi connectivity index (χ2v) is 5.84. The molecule has 24 heavy (non-hydrogen) atoms. The van der Waals surface area contributed by atoms with Gasteiger partial charge in [0, 0.05) is 17.8 Å². The van der Waals surface area contributed by atoms with E-state index in [0.29, 0.717) is 30.3 Å². The fourth-order valence-electron chi connectivity index (χ4n) is 3.03. The van der Waals surface area contributed by atoms with E-state index in [4.69, 9.17) is 9.47 Å². The van der Waals surface area contributed by atoms with Gasteiger partial charge in [0.2, 0.25) is 0 Å². The lowest BCUT2D eigenvalue weighted by molar-refractivity contribution is 0.0944. The van der Waals surface area contributed by atoms with Crippen LogP contribution in [0.2, 0.25) is 0 Å². The Labute approximate surface area is 141 Å². The Morgan fingerprint density at radius 3 is 2.92 bits per heavy atom. The molecule has 0 saturated carbocycles. The van der Waals surface area contributed by atoms with Crippen molar-refractivity contribution in [2.75, 3.05) is 13.7 Å². The largest absolute Gasteiger partial charge is 0.493 e. The summed E-state index contributed by atoms with van der Waals surface area (Å²) < 4.78 is 10.8. The van der Waals surface area contributed by atoms with Crippen molar-refractivity contribution in [3.63, 3.8) is 0 Å². The van der Waals surface area contributed by atoms with E-state index < -0.39 is 0 Å². The molecule has 3 rings (SSSR count). The van der Waals surface area contributed by atoms with Crippen LogP contribution in [0, 0.1) is 0 Å². The van der Waals surface area contributed by atoms with Gasteiger partial charge in [-0.05, 0) is 50.3 Å². The monoisotopic (exact) mass is 329 g/mol. The molecule has 1 aliphatic rings. The molecule has 1 heterocycles. The maximum Gasteiger partial charge on any atom is 0.272 e. The Balaban J connectivity index is 1.68. The third-order valence-electron chi connectivity index (χ3n) is 4.25. The number of rotatable bonds is 6. The topological polar surface area (TPSA) is 76.2 Å². The highest BCUT2D eigenvalue weighted by atomic mass is 16.5. The number of nitrogens with one attached hydrogen (secondary N) is 2. The lowest BCUT2D eigenvalue weighted by atomic mass is 9.96. The average Bonchev–Trinajstić information content (AvgIpc) is 3.04. The Hall–Kier alpha value is -2.50. The second-order valence-electron chi connectivity index (χ2n) is 5.84. The molecule has 1 aromatic carbocycles. The summed E-state index contributed by atoms with van der Waals surface area (Å²) in [6, 6.07) is 5.66. The molecular formula is C18H23N3O3. The fourth-order valence-corrected chi connectivity index (χ4v) is 3.03. The molecule has 0 spiro atoms. The predicted octanol–water partition coefficient (Wildman–Crippen LogP) is 2.63. The number of fused-ring (bicyclic) bond motifs is 1. The van der Waals surface area contributed by atoms with Gasteiger partial charge in [0.25, 0.3) is 5.91 Å². The summed E-state index contributed by atoms with van der Waals surface area (Å²) in [7, 11) is 1.61. The molecule has 0 fully saturated rings. The number of hydrogen-bond donors (Lipinski definition) is 2. The van der Waals surface area contributed by atoms with Crippen LogP contribution >= 0.6 is 0 Å². The minimum atomic E-state index is -0.136. The van der Waals surface area contributed by atoms with Gasteiger partial charge < -0.3 is 14.8 Å². The molecule has 0 aliphatic heterocycles. The number of nitrogens with zero attached hydrogens (tertiary/aromatic N) is 1. The van der Waals surface area contributed by atoms with Crippen molar-refractivity contribution in [1.82, 2.24) is 15.5 Å². The zero-order valence-corrected chi connectivity index (χ0v) is 14.1. The van der Waals surface area contributed by atoms with Crippen molar-refractivity contribution in [1.29, 1.82) is 0 Å². The van der Waals surface area contributed by atoms with Crippen LogP contribution in [0.15, 0.2) is 18.2 Å². The molecule has 2 aromatic rings. The van der Waals surface area contributed by atoms with Crippen molar-refractivity contribution in [2.24, 2.45) is 0 Å². The Morgan fingerprint density at radius 2 is 2.12 bits per heavy atom. The van der Waals surface area contributed by atoms with E-state index >= 15 is 0 Å². The van der Waals surface area contributed by atoms with Gasteiger partial charge in [-0.3, -0.25) is 9.89 Å². The summed E-state index contributed by atoms with van der Waals surface area (Å²) in [5.74, 6) is 1.24. The zero-order chi connectivity index (χ0) is 16.9. The smallest absolute Gasteiger partial charge is 0.272 e. The molecule has 0 atom stereocenters. The summed E-state index contributed by atoms with van der Waals surface area (Å²) in [6.45, 7) is 2.91. The Bertz CT molecular complexity index is 724. The highest BCUT2D eigenvalue weighted by Crippen LogP contribution is 2.28. The molecule has 0 radical (unpaired) electrons.